The molecular formula is C15H16N2O2. The van der Waals surface area contributed by atoms with E-state index in [9.17, 15) is 4.79 Å². The molecule has 0 saturated carbocycles. The molecule has 1 aromatic carbocycles. The van der Waals surface area contributed by atoms with Gasteiger partial charge in [0, 0.05) is 17.5 Å². The van der Waals surface area contributed by atoms with E-state index in [2.05, 4.69) is 9.97 Å². The average Bonchev–Trinajstić information content (AvgIpc) is 2.88. The van der Waals surface area contributed by atoms with Gasteiger partial charge in [-0.2, -0.15) is 0 Å². The van der Waals surface area contributed by atoms with Crippen LogP contribution in [-0.4, -0.2) is 17.1 Å². The molecule has 1 aliphatic rings. The van der Waals surface area contributed by atoms with E-state index in [0.717, 1.165) is 47.7 Å². The van der Waals surface area contributed by atoms with E-state index in [4.69, 9.17) is 4.74 Å². The van der Waals surface area contributed by atoms with Gasteiger partial charge in [0.2, 0.25) is 0 Å². The number of aryl methyl sites for hydroxylation is 1. The van der Waals surface area contributed by atoms with Crippen LogP contribution in [0.3, 0.4) is 0 Å². The monoisotopic (exact) mass is 256 g/mol. The fourth-order valence-electron chi connectivity index (χ4n) is 2.61. The fraction of sp³-hybridized carbons (Fsp3) is 0.333. The van der Waals surface area contributed by atoms with Crippen LogP contribution in [0.2, 0.25) is 0 Å². The lowest BCUT2D eigenvalue weighted by Crippen LogP contribution is -2.17. The largest absolute Gasteiger partial charge is 0.496 e. The molecule has 0 unspecified atom stereocenters. The Hall–Kier alpha value is -2.10. The third-order valence-corrected chi connectivity index (χ3v) is 3.54. The van der Waals surface area contributed by atoms with Gasteiger partial charge in [-0.05, 0) is 25.3 Å². The molecule has 0 amide bonds. The fourth-order valence-corrected chi connectivity index (χ4v) is 2.61. The average molecular weight is 256 g/mol. The first kappa shape index (κ1) is 12.0. The molecule has 0 aliphatic heterocycles. The zero-order valence-electron chi connectivity index (χ0n) is 10.9. The quantitative estimate of drug-likeness (QED) is 0.912. The molecule has 0 radical (unpaired) electrons. The number of methoxy groups -OCH3 is 1. The normalized spacial score (nSPS) is 13.3. The number of benzene rings is 1. The van der Waals surface area contributed by atoms with E-state index < -0.39 is 0 Å². The van der Waals surface area contributed by atoms with Gasteiger partial charge in [0.25, 0.3) is 5.56 Å². The van der Waals surface area contributed by atoms with Crippen LogP contribution in [0.15, 0.2) is 29.1 Å². The minimum atomic E-state index is 0.0207. The first-order valence-electron chi connectivity index (χ1n) is 6.51. The standard InChI is InChI=1S/C15H16N2O2/c1-19-13-8-3-2-5-10(13)9-14-16-12-7-4-6-11(12)15(18)17-14/h2-3,5,8H,4,6-7,9H2,1H3,(H,16,17,18). The van der Waals surface area contributed by atoms with E-state index >= 15 is 0 Å². The summed E-state index contributed by atoms with van der Waals surface area (Å²) in [7, 11) is 1.65. The molecule has 1 aromatic heterocycles. The molecule has 0 atom stereocenters. The van der Waals surface area contributed by atoms with Crippen molar-refractivity contribution in [3.8, 4) is 5.75 Å². The number of ether oxygens (including phenoxy) is 1. The predicted octanol–water partition coefficient (Wildman–Crippen LogP) is 1.86. The Bertz CT molecular complexity index is 661. The lowest BCUT2D eigenvalue weighted by molar-refractivity contribution is 0.410. The van der Waals surface area contributed by atoms with Gasteiger partial charge in [0.05, 0.1) is 12.8 Å². The van der Waals surface area contributed by atoms with Crippen LogP contribution in [0.5, 0.6) is 5.75 Å². The van der Waals surface area contributed by atoms with E-state index in [1.165, 1.54) is 0 Å². The summed E-state index contributed by atoms with van der Waals surface area (Å²) in [4.78, 5) is 19.4. The van der Waals surface area contributed by atoms with Crippen LogP contribution in [0.25, 0.3) is 0 Å². The number of fused-ring (bicyclic) bond motifs is 1. The number of aromatic amines is 1. The summed E-state index contributed by atoms with van der Waals surface area (Å²) in [5.74, 6) is 1.54. The van der Waals surface area contributed by atoms with Crippen LogP contribution >= 0.6 is 0 Å². The molecule has 1 aliphatic carbocycles. The maximum atomic E-state index is 11.9. The maximum Gasteiger partial charge on any atom is 0.254 e. The number of hydrogen-bond donors (Lipinski definition) is 1. The SMILES string of the molecule is COc1ccccc1Cc1nc2c(c(=O)[nH]1)CCC2. The number of hydrogen-bond acceptors (Lipinski definition) is 3. The minimum absolute atomic E-state index is 0.0207. The Morgan fingerprint density at radius 2 is 2.16 bits per heavy atom. The Labute approximate surface area is 111 Å². The van der Waals surface area contributed by atoms with Crippen molar-refractivity contribution in [3.05, 3.63) is 57.3 Å². The van der Waals surface area contributed by atoms with Gasteiger partial charge in [0.15, 0.2) is 0 Å². The molecular weight excluding hydrogens is 240 g/mol. The first-order valence-corrected chi connectivity index (χ1v) is 6.51. The Balaban J connectivity index is 1.96. The summed E-state index contributed by atoms with van der Waals surface area (Å²) in [6, 6.07) is 7.80. The van der Waals surface area contributed by atoms with E-state index in [1.54, 1.807) is 7.11 Å². The molecule has 0 fully saturated rings. The number of rotatable bonds is 3. The highest BCUT2D eigenvalue weighted by molar-refractivity contribution is 5.35. The van der Waals surface area contributed by atoms with E-state index in [1.807, 2.05) is 24.3 Å². The lowest BCUT2D eigenvalue weighted by atomic mass is 10.1. The highest BCUT2D eigenvalue weighted by Gasteiger charge is 2.17. The molecule has 4 nitrogen and oxygen atoms in total. The predicted molar refractivity (Wildman–Crippen MR) is 72.7 cm³/mol. The van der Waals surface area contributed by atoms with Gasteiger partial charge in [-0.1, -0.05) is 18.2 Å². The van der Waals surface area contributed by atoms with Crippen molar-refractivity contribution >= 4 is 0 Å². The smallest absolute Gasteiger partial charge is 0.254 e. The van der Waals surface area contributed by atoms with Crippen LogP contribution in [-0.2, 0) is 19.3 Å². The van der Waals surface area contributed by atoms with Crippen molar-refractivity contribution in [2.45, 2.75) is 25.7 Å². The minimum Gasteiger partial charge on any atom is -0.496 e. The molecule has 1 N–H and O–H groups in total. The summed E-state index contributed by atoms with van der Waals surface area (Å²) in [5.41, 5.74) is 2.89. The molecule has 0 spiro atoms. The number of nitrogens with one attached hydrogen (secondary N) is 1. The molecule has 1 heterocycles. The van der Waals surface area contributed by atoms with Crippen LogP contribution in [0.4, 0.5) is 0 Å². The Morgan fingerprint density at radius 1 is 1.32 bits per heavy atom. The summed E-state index contributed by atoms with van der Waals surface area (Å²) in [5, 5.41) is 0. The van der Waals surface area contributed by atoms with Crippen LogP contribution < -0.4 is 10.3 Å². The number of para-hydroxylation sites is 1. The Kier molecular flexibility index (Phi) is 3.07. The van der Waals surface area contributed by atoms with Crippen molar-refractivity contribution in [3.63, 3.8) is 0 Å². The third kappa shape index (κ3) is 2.26. The third-order valence-electron chi connectivity index (χ3n) is 3.54. The highest BCUT2D eigenvalue weighted by Crippen LogP contribution is 2.21. The zero-order valence-corrected chi connectivity index (χ0v) is 10.9. The summed E-state index contributed by atoms with van der Waals surface area (Å²) < 4.78 is 5.32. The zero-order chi connectivity index (χ0) is 13.2. The molecule has 98 valence electrons. The van der Waals surface area contributed by atoms with E-state index in [0.29, 0.717) is 6.42 Å². The second-order valence-corrected chi connectivity index (χ2v) is 4.78. The van der Waals surface area contributed by atoms with Gasteiger partial charge < -0.3 is 9.72 Å². The number of nitrogens with zero attached hydrogens (tertiary/aromatic N) is 1. The summed E-state index contributed by atoms with van der Waals surface area (Å²) >= 11 is 0. The number of H-pyrrole nitrogens is 1. The summed E-state index contributed by atoms with van der Waals surface area (Å²) in [6.45, 7) is 0. The van der Waals surface area contributed by atoms with Gasteiger partial charge in [-0.3, -0.25) is 4.79 Å². The molecule has 2 aromatic rings. The molecule has 3 rings (SSSR count). The van der Waals surface area contributed by atoms with Gasteiger partial charge in [0.1, 0.15) is 11.6 Å². The topological polar surface area (TPSA) is 55.0 Å². The Morgan fingerprint density at radius 3 is 3.00 bits per heavy atom. The van der Waals surface area contributed by atoms with Crippen molar-refractivity contribution < 1.29 is 4.74 Å². The van der Waals surface area contributed by atoms with Crippen molar-refractivity contribution in [2.75, 3.05) is 7.11 Å². The second-order valence-electron chi connectivity index (χ2n) is 4.78. The van der Waals surface area contributed by atoms with E-state index in [-0.39, 0.29) is 5.56 Å². The van der Waals surface area contributed by atoms with Crippen LogP contribution in [0.1, 0.15) is 29.1 Å². The van der Waals surface area contributed by atoms with Crippen molar-refractivity contribution in [2.24, 2.45) is 0 Å². The van der Waals surface area contributed by atoms with Gasteiger partial charge >= 0.3 is 0 Å². The molecule has 0 bridgehead atoms. The lowest BCUT2D eigenvalue weighted by Gasteiger charge is -2.08. The second kappa shape index (κ2) is 4.88. The molecule has 4 heteroatoms. The first-order chi connectivity index (χ1) is 9.28. The van der Waals surface area contributed by atoms with Crippen LogP contribution in [0, 0.1) is 0 Å². The van der Waals surface area contributed by atoms with Gasteiger partial charge in [-0.15, -0.1) is 0 Å². The number of aromatic nitrogens is 2. The highest BCUT2D eigenvalue weighted by atomic mass is 16.5. The molecule has 0 saturated heterocycles. The maximum absolute atomic E-state index is 11.9. The molecule has 19 heavy (non-hydrogen) atoms. The summed E-state index contributed by atoms with van der Waals surface area (Å²) in [6.07, 6.45) is 3.39. The van der Waals surface area contributed by atoms with Crippen molar-refractivity contribution in [1.29, 1.82) is 0 Å². The van der Waals surface area contributed by atoms with Gasteiger partial charge in [-0.25, -0.2) is 4.98 Å². The van der Waals surface area contributed by atoms with Crippen molar-refractivity contribution in [1.82, 2.24) is 9.97 Å².